The summed E-state index contributed by atoms with van der Waals surface area (Å²) in [6.07, 6.45) is 1.59. The molecule has 2 heterocycles. The van der Waals surface area contributed by atoms with E-state index >= 15 is 4.39 Å². The van der Waals surface area contributed by atoms with Crippen molar-refractivity contribution in [3.8, 4) is 34.1 Å². The maximum absolute atomic E-state index is 15.3. The highest BCUT2D eigenvalue weighted by Gasteiger charge is 2.28. The molecule has 4 aromatic carbocycles. The fourth-order valence-corrected chi connectivity index (χ4v) is 4.61. The van der Waals surface area contributed by atoms with Crippen molar-refractivity contribution in [3.63, 3.8) is 0 Å². The van der Waals surface area contributed by atoms with E-state index < -0.39 is 11.8 Å². The van der Waals surface area contributed by atoms with Crippen LogP contribution in [0.15, 0.2) is 97.2 Å². The Balaban J connectivity index is 1.25. The van der Waals surface area contributed by atoms with Crippen LogP contribution in [0.3, 0.4) is 0 Å². The standard InChI is InChI=1S/C32H24FN3O5/c1-39-29-16-24-26(17-30(29)40-19-20-6-3-2-4-7-20)34-13-12-27(24)41-28-11-10-22(15-25(28)33)21-8-5-9-23(14-21)36-18-31(37)35-32(36)38/h2-17H,18-19H2,1H3,(H,35,37,38). The largest absolute Gasteiger partial charge is 0.493 e. The number of imide groups is 1. The Bertz CT molecular complexity index is 1780. The van der Waals surface area contributed by atoms with Crippen molar-refractivity contribution in [3.05, 3.63) is 109 Å². The number of nitrogens with one attached hydrogen (secondary N) is 1. The highest BCUT2D eigenvalue weighted by molar-refractivity contribution is 6.12. The zero-order chi connectivity index (χ0) is 28.3. The lowest BCUT2D eigenvalue weighted by atomic mass is 10.0. The average Bonchev–Trinajstić information content (AvgIpc) is 3.34. The first-order valence-corrected chi connectivity index (χ1v) is 12.8. The molecule has 0 saturated carbocycles. The van der Waals surface area contributed by atoms with Gasteiger partial charge in [-0.25, -0.2) is 9.18 Å². The molecule has 5 aromatic rings. The number of aromatic nitrogens is 1. The monoisotopic (exact) mass is 549 g/mol. The first kappa shape index (κ1) is 25.8. The second-order valence-electron chi connectivity index (χ2n) is 9.34. The van der Waals surface area contributed by atoms with Gasteiger partial charge in [-0.05, 0) is 53.1 Å². The van der Waals surface area contributed by atoms with E-state index in [2.05, 4.69) is 10.3 Å². The van der Waals surface area contributed by atoms with Crippen LogP contribution in [-0.4, -0.2) is 30.6 Å². The fraction of sp³-hybridized carbons (Fsp3) is 0.0938. The normalized spacial score (nSPS) is 12.9. The Morgan fingerprint density at radius 2 is 1.68 bits per heavy atom. The van der Waals surface area contributed by atoms with Crippen LogP contribution < -0.4 is 24.4 Å². The molecule has 1 saturated heterocycles. The Kier molecular flexibility index (Phi) is 6.91. The molecule has 0 unspecified atom stereocenters. The number of methoxy groups -OCH3 is 1. The number of fused-ring (bicyclic) bond motifs is 1. The molecule has 1 aliphatic heterocycles. The zero-order valence-corrected chi connectivity index (χ0v) is 22.0. The third-order valence-electron chi connectivity index (χ3n) is 6.66. The average molecular weight is 550 g/mol. The molecule has 9 heteroatoms. The van der Waals surface area contributed by atoms with Gasteiger partial charge < -0.3 is 14.2 Å². The van der Waals surface area contributed by atoms with Crippen molar-refractivity contribution in [1.82, 2.24) is 10.3 Å². The van der Waals surface area contributed by atoms with Gasteiger partial charge in [-0.1, -0.05) is 48.5 Å². The van der Waals surface area contributed by atoms with Crippen molar-refractivity contribution >= 4 is 28.5 Å². The van der Waals surface area contributed by atoms with Crippen LogP contribution in [0.4, 0.5) is 14.9 Å². The number of amides is 3. The molecule has 0 aliphatic carbocycles. The smallest absolute Gasteiger partial charge is 0.329 e. The molecule has 8 nitrogen and oxygen atoms in total. The highest BCUT2D eigenvalue weighted by Crippen LogP contribution is 2.38. The number of halogens is 1. The Hall–Kier alpha value is -5.44. The van der Waals surface area contributed by atoms with Crippen LogP contribution in [0, 0.1) is 5.82 Å². The molecule has 1 aliphatic rings. The summed E-state index contributed by atoms with van der Waals surface area (Å²) in [7, 11) is 1.55. The maximum Gasteiger partial charge on any atom is 0.329 e. The number of urea groups is 1. The first-order valence-electron chi connectivity index (χ1n) is 12.8. The van der Waals surface area contributed by atoms with Gasteiger partial charge in [0.15, 0.2) is 23.1 Å². The van der Waals surface area contributed by atoms with Gasteiger partial charge in [0.05, 0.1) is 12.6 Å². The number of nitrogens with zero attached hydrogens (tertiary/aromatic N) is 2. The second kappa shape index (κ2) is 11.0. The van der Waals surface area contributed by atoms with E-state index in [1.165, 1.54) is 11.0 Å². The van der Waals surface area contributed by atoms with E-state index in [-0.39, 0.29) is 18.2 Å². The Morgan fingerprint density at radius 3 is 2.44 bits per heavy atom. The van der Waals surface area contributed by atoms with Crippen LogP contribution in [0.25, 0.3) is 22.0 Å². The molecule has 41 heavy (non-hydrogen) atoms. The topological polar surface area (TPSA) is 90.0 Å². The number of pyridine rings is 1. The Morgan fingerprint density at radius 1 is 0.854 bits per heavy atom. The molecule has 3 amide bonds. The summed E-state index contributed by atoms with van der Waals surface area (Å²) in [5.74, 6) is 0.524. The molecule has 0 bridgehead atoms. The summed E-state index contributed by atoms with van der Waals surface area (Å²) >= 11 is 0. The minimum Gasteiger partial charge on any atom is -0.493 e. The van der Waals surface area contributed by atoms with Crippen LogP contribution >= 0.6 is 0 Å². The number of anilines is 1. The minimum absolute atomic E-state index is 0.0327. The van der Waals surface area contributed by atoms with Gasteiger partial charge in [0.1, 0.15) is 18.9 Å². The summed E-state index contributed by atoms with van der Waals surface area (Å²) in [6, 6.07) is 26.1. The lowest BCUT2D eigenvalue weighted by Gasteiger charge is -2.15. The molecule has 6 rings (SSSR count). The van der Waals surface area contributed by atoms with Gasteiger partial charge in [-0.15, -0.1) is 0 Å². The minimum atomic E-state index is -0.568. The third kappa shape index (κ3) is 5.38. The summed E-state index contributed by atoms with van der Waals surface area (Å²) in [5.41, 5.74) is 3.42. The van der Waals surface area contributed by atoms with Gasteiger partial charge in [0, 0.05) is 23.3 Å². The first-order chi connectivity index (χ1) is 20.0. The molecule has 204 valence electrons. The van der Waals surface area contributed by atoms with Crippen LogP contribution in [0.1, 0.15) is 5.56 Å². The van der Waals surface area contributed by atoms with E-state index in [4.69, 9.17) is 14.2 Å². The summed E-state index contributed by atoms with van der Waals surface area (Å²) in [6.45, 7) is 0.303. The SMILES string of the molecule is COc1cc2c(Oc3ccc(-c4cccc(N5CC(=O)NC5=O)c4)cc3F)ccnc2cc1OCc1ccccc1. The molecular formula is C32H24FN3O5. The lowest BCUT2D eigenvalue weighted by Crippen LogP contribution is -2.27. The fourth-order valence-electron chi connectivity index (χ4n) is 4.61. The van der Waals surface area contributed by atoms with Crippen molar-refractivity contribution in [2.45, 2.75) is 6.61 Å². The Labute approximate surface area is 234 Å². The number of rotatable bonds is 8. The molecule has 0 radical (unpaired) electrons. The van der Waals surface area contributed by atoms with Crippen molar-refractivity contribution in [2.75, 3.05) is 18.6 Å². The third-order valence-corrected chi connectivity index (χ3v) is 6.66. The van der Waals surface area contributed by atoms with Gasteiger partial charge in [-0.2, -0.15) is 0 Å². The number of benzene rings is 4. The molecule has 0 spiro atoms. The van der Waals surface area contributed by atoms with Gasteiger partial charge in [0.25, 0.3) is 0 Å². The molecule has 1 aromatic heterocycles. The summed E-state index contributed by atoms with van der Waals surface area (Å²) in [4.78, 5) is 29.4. The quantitative estimate of drug-likeness (QED) is 0.223. The number of carbonyl (C=O) groups excluding carboxylic acids is 2. The number of hydrogen-bond acceptors (Lipinski definition) is 6. The highest BCUT2D eigenvalue weighted by atomic mass is 19.1. The van der Waals surface area contributed by atoms with Gasteiger partial charge >= 0.3 is 6.03 Å². The van der Waals surface area contributed by atoms with E-state index in [1.807, 2.05) is 30.3 Å². The molecule has 1 fully saturated rings. The van der Waals surface area contributed by atoms with E-state index in [9.17, 15) is 9.59 Å². The van der Waals surface area contributed by atoms with E-state index in [0.717, 1.165) is 5.56 Å². The van der Waals surface area contributed by atoms with Crippen molar-refractivity contribution in [2.24, 2.45) is 0 Å². The van der Waals surface area contributed by atoms with Gasteiger partial charge in [0.2, 0.25) is 5.91 Å². The maximum atomic E-state index is 15.3. The van der Waals surface area contributed by atoms with Crippen molar-refractivity contribution in [1.29, 1.82) is 0 Å². The van der Waals surface area contributed by atoms with Crippen molar-refractivity contribution < 1.29 is 28.2 Å². The zero-order valence-electron chi connectivity index (χ0n) is 22.0. The van der Waals surface area contributed by atoms with Crippen LogP contribution in [0.2, 0.25) is 0 Å². The number of carbonyl (C=O) groups is 2. The van der Waals surface area contributed by atoms with Crippen LogP contribution in [0.5, 0.6) is 23.0 Å². The van der Waals surface area contributed by atoms with Crippen LogP contribution in [-0.2, 0) is 11.4 Å². The molecular weight excluding hydrogens is 525 g/mol. The van der Waals surface area contributed by atoms with E-state index in [1.54, 1.807) is 67.9 Å². The predicted octanol–water partition coefficient (Wildman–Crippen LogP) is 6.48. The van der Waals surface area contributed by atoms with E-state index in [0.29, 0.717) is 51.6 Å². The second-order valence-corrected chi connectivity index (χ2v) is 9.34. The summed E-state index contributed by atoms with van der Waals surface area (Å²) in [5, 5.41) is 2.88. The molecule has 0 atom stereocenters. The summed E-state index contributed by atoms with van der Waals surface area (Å²) < 4.78 is 32.9. The van der Waals surface area contributed by atoms with Gasteiger partial charge in [-0.3, -0.25) is 20.0 Å². The predicted molar refractivity (Wildman–Crippen MR) is 152 cm³/mol. The molecule has 1 N–H and O–H groups in total. The number of hydrogen-bond donors (Lipinski definition) is 1. The number of ether oxygens (including phenoxy) is 3. The lowest BCUT2D eigenvalue weighted by molar-refractivity contribution is -0.117.